The first-order chi connectivity index (χ1) is 9.07. The van der Waals surface area contributed by atoms with Gasteiger partial charge in [-0.05, 0) is 44.4 Å². The number of carbonyl (C=O) groups is 1. The van der Waals surface area contributed by atoms with Gasteiger partial charge in [0.25, 0.3) is 0 Å². The third-order valence-electron chi connectivity index (χ3n) is 3.98. The topological polar surface area (TPSA) is 64.3 Å². The Morgan fingerprint density at radius 3 is 2.95 bits per heavy atom. The summed E-state index contributed by atoms with van der Waals surface area (Å²) in [5.74, 6) is -0.390. The highest BCUT2D eigenvalue weighted by molar-refractivity contribution is 5.84. The van der Waals surface area contributed by atoms with Crippen LogP contribution in [-0.2, 0) is 16.0 Å². The minimum Gasteiger partial charge on any atom is -0.371 e. The van der Waals surface area contributed by atoms with Gasteiger partial charge in [0.15, 0.2) is 0 Å². The molecule has 0 fully saturated rings. The van der Waals surface area contributed by atoms with Crippen molar-refractivity contribution in [1.29, 1.82) is 0 Å². The van der Waals surface area contributed by atoms with E-state index in [4.69, 9.17) is 10.5 Å². The van der Waals surface area contributed by atoms with Crippen LogP contribution in [-0.4, -0.2) is 25.1 Å². The average molecular weight is 262 g/mol. The molecule has 1 aliphatic rings. The zero-order chi connectivity index (χ0) is 13.9. The minimum atomic E-state index is -0.813. The molecule has 0 saturated carbocycles. The van der Waals surface area contributed by atoms with Crippen LogP contribution in [0.15, 0.2) is 24.3 Å². The van der Waals surface area contributed by atoms with Gasteiger partial charge in [0.1, 0.15) is 5.54 Å². The molecule has 0 spiro atoms. The predicted octanol–water partition coefficient (Wildman–Crippen LogP) is 1.54. The maximum absolute atomic E-state index is 11.5. The first kappa shape index (κ1) is 14.0. The molecule has 19 heavy (non-hydrogen) atoms. The molecule has 4 heteroatoms. The molecule has 3 N–H and O–H groups in total. The number of amides is 1. The van der Waals surface area contributed by atoms with E-state index < -0.39 is 5.54 Å². The number of carbonyl (C=O) groups excluding carboxylic acids is 1. The lowest BCUT2D eigenvalue weighted by Gasteiger charge is -2.31. The van der Waals surface area contributed by atoms with Crippen molar-refractivity contribution in [2.24, 2.45) is 5.73 Å². The second-order valence-corrected chi connectivity index (χ2v) is 5.34. The standard InChI is InChI=1S/C15H22N2O2/c1-15(17-2,14(16)18)10-19-13-9-5-7-11-6-3-4-8-12(11)13/h3-4,6,8,13,17H,5,7,9-10H2,1-2H3,(H2,16,18). The first-order valence-electron chi connectivity index (χ1n) is 6.75. The van der Waals surface area contributed by atoms with E-state index in [9.17, 15) is 4.79 Å². The number of primary amides is 1. The van der Waals surface area contributed by atoms with Crippen molar-refractivity contribution in [2.75, 3.05) is 13.7 Å². The van der Waals surface area contributed by atoms with E-state index in [1.165, 1.54) is 11.1 Å². The SMILES string of the molecule is CNC(C)(COC1CCCc2ccccc21)C(N)=O. The third-order valence-corrected chi connectivity index (χ3v) is 3.98. The van der Waals surface area contributed by atoms with E-state index in [0.29, 0.717) is 0 Å². The summed E-state index contributed by atoms with van der Waals surface area (Å²) in [6.45, 7) is 2.06. The van der Waals surface area contributed by atoms with Crippen LogP contribution in [0.5, 0.6) is 0 Å². The number of ether oxygens (including phenoxy) is 1. The second-order valence-electron chi connectivity index (χ2n) is 5.34. The van der Waals surface area contributed by atoms with E-state index >= 15 is 0 Å². The zero-order valence-corrected chi connectivity index (χ0v) is 11.6. The number of aryl methyl sites for hydroxylation is 1. The van der Waals surface area contributed by atoms with Gasteiger partial charge in [0.05, 0.1) is 12.7 Å². The molecule has 0 saturated heterocycles. The molecule has 2 atom stereocenters. The molecule has 0 heterocycles. The van der Waals surface area contributed by atoms with Gasteiger partial charge in [-0.2, -0.15) is 0 Å². The Hall–Kier alpha value is -1.39. The lowest BCUT2D eigenvalue weighted by atomic mass is 9.89. The van der Waals surface area contributed by atoms with Gasteiger partial charge in [-0.15, -0.1) is 0 Å². The van der Waals surface area contributed by atoms with Crippen LogP contribution < -0.4 is 11.1 Å². The summed E-state index contributed by atoms with van der Waals surface area (Å²) >= 11 is 0. The van der Waals surface area contributed by atoms with Crippen molar-refractivity contribution in [3.05, 3.63) is 35.4 Å². The predicted molar refractivity (Wildman–Crippen MR) is 74.7 cm³/mol. The number of rotatable bonds is 5. The molecule has 2 unspecified atom stereocenters. The van der Waals surface area contributed by atoms with Crippen molar-refractivity contribution in [2.45, 2.75) is 37.8 Å². The fourth-order valence-corrected chi connectivity index (χ4v) is 2.42. The van der Waals surface area contributed by atoms with Gasteiger partial charge in [-0.3, -0.25) is 4.79 Å². The summed E-state index contributed by atoms with van der Waals surface area (Å²) in [6, 6.07) is 8.35. The smallest absolute Gasteiger partial charge is 0.239 e. The van der Waals surface area contributed by atoms with Crippen LogP contribution in [0.2, 0.25) is 0 Å². The highest BCUT2D eigenvalue weighted by Crippen LogP contribution is 2.32. The average Bonchev–Trinajstić information content (AvgIpc) is 2.44. The van der Waals surface area contributed by atoms with E-state index in [2.05, 4.69) is 23.5 Å². The Labute approximate surface area is 114 Å². The van der Waals surface area contributed by atoms with Crippen LogP contribution in [0.4, 0.5) is 0 Å². The molecule has 1 aromatic carbocycles. The van der Waals surface area contributed by atoms with E-state index in [0.717, 1.165) is 19.3 Å². The van der Waals surface area contributed by atoms with Crippen molar-refractivity contribution >= 4 is 5.91 Å². The van der Waals surface area contributed by atoms with E-state index in [-0.39, 0.29) is 18.6 Å². The molecule has 1 aromatic rings. The Balaban J connectivity index is 2.07. The fraction of sp³-hybridized carbons (Fsp3) is 0.533. The number of nitrogens with one attached hydrogen (secondary N) is 1. The van der Waals surface area contributed by atoms with Gasteiger partial charge in [-0.1, -0.05) is 24.3 Å². The summed E-state index contributed by atoms with van der Waals surface area (Å²) in [5, 5.41) is 2.94. The lowest BCUT2D eigenvalue weighted by Crippen LogP contribution is -2.55. The van der Waals surface area contributed by atoms with Gasteiger partial charge < -0.3 is 15.8 Å². The normalized spacial score (nSPS) is 21.5. The highest BCUT2D eigenvalue weighted by Gasteiger charge is 2.31. The monoisotopic (exact) mass is 262 g/mol. The molecule has 1 aliphatic carbocycles. The Kier molecular flexibility index (Phi) is 4.22. The number of hydrogen-bond donors (Lipinski definition) is 2. The fourth-order valence-electron chi connectivity index (χ4n) is 2.42. The van der Waals surface area contributed by atoms with E-state index in [1.54, 1.807) is 14.0 Å². The summed E-state index contributed by atoms with van der Waals surface area (Å²) in [4.78, 5) is 11.5. The number of nitrogens with two attached hydrogens (primary N) is 1. The van der Waals surface area contributed by atoms with Crippen molar-refractivity contribution < 1.29 is 9.53 Å². The van der Waals surface area contributed by atoms with Crippen LogP contribution >= 0.6 is 0 Å². The second kappa shape index (κ2) is 5.72. The Morgan fingerprint density at radius 1 is 1.53 bits per heavy atom. The van der Waals surface area contributed by atoms with Crippen LogP contribution in [0.3, 0.4) is 0 Å². The molecule has 1 amide bonds. The molecule has 0 bridgehead atoms. The summed E-state index contributed by atoms with van der Waals surface area (Å²) in [6.07, 6.45) is 3.29. The number of likely N-dealkylation sites (N-methyl/N-ethyl adjacent to an activating group) is 1. The van der Waals surface area contributed by atoms with Crippen LogP contribution in [0.1, 0.15) is 37.0 Å². The molecule has 0 aliphatic heterocycles. The van der Waals surface area contributed by atoms with Crippen molar-refractivity contribution in [3.63, 3.8) is 0 Å². The summed E-state index contributed by atoms with van der Waals surface area (Å²) in [7, 11) is 1.73. The zero-order valence-electron chi connectivity index (χ0n) is 11.6. The van der Waals surface area contributed by atoms with Crippen LogP contribution in [0.25, 0.3) is 0 Å². The molecular formula is C15H22N2O2. The number of hydrogen-bond acceptors (Lipinski definition) is 3. The third kappa shape index (κ3) is 2.96. The van der Waals surface area contributed by atoms with Gasteiger partial charge >= 0.3 is 0 Å². The van der Waals surface area contributed by atoms with Crippen molar-refractivity contribution in [3.8, 4) is 0 Å². The first-order valence-corrected chi connectivity index (χ1v) is 6.75. The summed E-state index contributed by atoms with van der Waals surface area (Å²) in [5.41, 5.74) is 7.20. The molecule has 2 rings (SSSR count). The van der Waals surface area contributed by atoms with E-state index in [1.807, 2.05) is 6.07 Å². The Morgan fingerprint density at radius 2 is 2.26 bits per heavy atom. The highest BCUT2D eigenvalue weighted by atomic mass is 16.5. The molecule has 104 valence electrons. The molecule has 0 radical (unpaired) electrons. The number of benzene rings is 1. The summed E-state index contributed by atoms with van der Waals surface area (Å²) < 4.78 is 5.96. The maximum atomic E-state index is 11.5. The van der Waals surface area contributed by atoms with Crippen LogP contribution in [0, 0.1) is 0 Å². The molecule has 0 aromatic heterocycles. The van der Waals surface area contributed by atoms with Crippen molar-refractivity contribution in [1.82, 2.24) is 5.32 Å². The maximum Gasteiger partial charge on any atom is 0.239 e. The van der Waals surface area contributed by atoms with Gasteiger partial charge in [0.2, 0.25) is 5.91 Å². The quantitative estimate of drug-likeness (QED) is 0.846. The lowest BCUT2D eigenvalue weighted by molar-refractivity contribution is -0.127. The Bertz CT molecular complexity index is 461. The molecule has 4 nitrogen and oxygen atoms in total. The number of fused-ring (bicyclic) bond motifs is 1. The van der Waals surface area contributed by atoms with Gasteiger partial charge in [-0.25, -0.2) is 0 Å². The molecular weight excluding hydrogens is 240 g/mol. The minimum absolute atomic E-state index is 0.0666. The van der Waals surface area contributed by atoms with Gasteiger partial charge in [0, 0.05) is 0 Å². The largest absolute Gasteiger partial charge is 0.371 e.